The number of hydrogen-bond acceptors (Lipinski definition) is 3. The minimum Gasteiger partial charge on any atom is -0.349 e. The van der Waals surface area contributed by atoms with Crippen molar-refractivity contribution in [2.24, 2.45) is 0 Å². The van der Waals surface area contributed by atoms with Crippen LogP contribution in [0.4, 0.5) is 0 Å². The summed E-state index contributed by atoms with van der Waals surface area (Å²) in [6, 6.07) is 8.57. The van der Waals surface area contributed by atoms with Crippen LogP contribution in [0.1, 0.15) is 65.0 Å². The molecule has 146 valence electrons. The summed E-state index contributed by atoms with van der Waals surface area (Å²) in [6.07, 6.45) is 8.20. The molecule has 28 heavy (non-hydrogen) atoms. The van der Waals surface area contributed by atoms with Gasteiger partial charge < -0.3 is 5.32 Å². The number of amides is 1. The zero-order chi connectivity index (χ0) is 19.7. The maximum atomic E-state index is 12.8. The van der Waals surface area contributed by atoms with Crippen LogP contribution in [0, 0.1) is 13.8 Å². The van der Waals surface area contributed by atoms with Gasteiger partial charge >= 0.3 is 0 Å². The molecule has 1 fully saturated rings. The zero-order valence-electron chi connectivity index (χ0n) is 16.3. The van der Waals surface area contributed by atoms with Gasteiger partial charge in [-0.3, -0.25) is 4.79 Å². The molecule has 0 bridgehead atoms. The molecule has 1 aliphatic rings. The highest BCUT2D eigenvalue weighted by molar-refractivity contribution is 9.10. The molecule has 0 unspecified atom stereocenters. The Kier molecular flexibility index (Phi) is 5.49. The van der Waals surface area contributed by atoms with E-state index in [9.17, 15) is 4.79 Å². The summed E-state index contributed by atoms with van der Waals surface area (Å²) in [5.41, 5.74) is 5.53. The molecule has 1 aliphatic carbocycles. The molecule has 6 heteroatoms. The van der Waals surface area contributed by atoms with E-state index in [1.807, 2.05) is 26.0 Å². The van der Waals surface area contributed by atoms with Crippen LogP contribution in [0.25, 0.3) is 5.65 Å². The van der Waals surface area contributed by atoms with Gasteiger partial charge in [0.15, 0.2) is 5.65 Å². The first-order valence-corrected chi connectivity index (χ1v) is 10.7. The third kappa shape index (κ3) is 3.83. The Morgan fingerprint density at radius 2 is 2.04 bits per heavy atom. The standard InChI is InChI=1S/C22H25BrN4O/c1-14-19(12-16-7-6-8-17(23)11-16)15(2)27-21(25-14)20(13-24-27)22(28)26-18-9-4-3-5-10-18/h6-8,11,13,18H,3-5,9-10,12H2,1-2H3,(H,26,28). The quantitative estimate of drug-likeness (QED) is 0.635. The highest BCUT2D eigenvalue weighted by atomic mass is 79.9. The average Bonchev–Trinajstić information content (AvgIpc) is 3.10. The molecular formula is C22H25BrN4O. The lowest BCUT2D eigenvalue weighted by atomic mass is 9.95. The summed E-state index contributed by atoms with van der Waals surface area (Å²) in [7, 11) is 0. The van der Waals surface area contributed by atoms with E-state index in [-0.39, 0.29) is 11.9 Å². The number of halogens is 1. The van der Waals surface area contributed by atoms with E-state index >= 15 is 0 Å². The van der Waals surface area contributed by atoms with Crippen LogP contribution < -0.4 is 5.32 Å². The third-order valence-electron chi connectivity index (χ3n) is 5.66. The first-order valence-electron chi connectivity index (χ1n) is 9.92. The molecule has 4 rings (SSSR count). The van der Waals surface area contributed by atoms with Gasteiger partial charge in [0, 0.05) is 28.3 Å². The number of benzene rings is 1. The molecule has 1 N–H and O–H groups in total. The summed E-state index contributed by atoms with van der Waals surface area (Å²) in [4.78, 5) is 17.6. The first-order chi connectivity index (χ1) is 13.5. The van der Waals surface area contributed by atoms with Gasteiger partial charge in [-0.25, -0.2) is 9.50 Å². The summed E-state index contributed by atoms with van der Waals surface area (Å²) in [6.45, 7) is 4.06. The second kappa shape index (κ2) is 8.03. The van der Waals surface area contributed by atoms with E-state index in [1.165, 1.54) is 24.8 Å². The number of carbonyl (C=O) groups excluding carboxylic acids is 1. The molecule has 2 aromatic heterocycles. The number of aryl methyl sites for hydroxylation is 2. The summed E-state index contributed by atoms with van der Waals surface area (Å²) in [5.74, 6) is -0.0621. The number of rotatable bonds is 4. The maximum absolute atomic E-state index is 12.8. The van der Waals surface area contributed by atoms with Crippen molar-refractivity contribution in [3.8, 4) is 0 Å². The summed E-state index contributed by atoms with van der Waals surface area (Å²) >= 11 is 3.53. The van der Waals surface area contributed by atoms with Crippen LogP contribution in [0.2, 0.25) is 0 Å². The molecular weight excluding hydrogens is 416 g/mol. The van der Waals surface area contributed by atoms with Crippen LogP contribution >= 0.6 is 15.9 Å². The van der Waals surface area contributed by atoms with Crippen molar-refractivity contribution >= 4 is 27.5 Å². The molecule has 0 radical (unpaired) electrons. The van der Waals surface area contributed by atoms with E-state index < -0.39 is 0 Å². The fraction of sp³-hybridized carbons (Fsp3) is 0.409. The lowest BCUT2D eigenvalue weighted by molar-refractivity contribution is 0.0929. The summed E-state index contributed by atoms with van der Waals surface area (Å²) in [5, 5.41) is 7.65. The molecule has 2 heterocycles. The van der Waals surface area contributed by atoms with Crippen molar-refractivity contribution in [2.75, 3.05) is 0 Å². The molecule has 1 amide bonds. The largest absolute Gasteiger partial charge is 0.349 e. The molecule has 0 spiro atoms. The van der Waals surface area contributed by atoms with Crippen molar-refractivity contribution in [1.29, 1.82) is 0 Å². The molecule has 1 aromatic carbocycles. The SMILES string of the molecule is Cc1nc2c(C(=O)NC3CCCCC3)cnn2c(C)c1Cc1cccc(Br)c1. The second-order valence-corrected chi connectivity index (χ2v) is 8.59. The third-order valence-corrected chi connectivity index (χ3v) is 6.16. The lowest BCUT2D eigenvalue weighted by Crippen LogP contribution is -2.36. The molecule has 5 nitrogen and oxygen atoms in total. The van der Waals surface area contributed by atoms with Crippen molar-refractivity contribution < 1.29 is 4.79 Å². The van der Waals surface area contributed by atoms with Gasteiger partial charge in [0.05, 0.1) is 6.20 Å². The molecule has 0 atom stereocenters. The van der Waals surface area contributed by atoms with Crippen molar-refractivity contribution in [2.45, 2.75) is 58.4 Å². The smallest absolute Gasteiger partial charge is 0.256 e. The topological polar surface area (TPSA) is 59.3 Å². The lowest BCUT2D eigenvalue weighted by Gasteiger charge is -2.22. The van der Waals surface area contributed by atoms with Gasteiger partial charge in [0.1, 0.15) is 5.56 Å². The monoisotopic (exact) mass is 440 g/mol. The highest BCUT2D eigenvalue weighted by Gasteiger charge is 2.21. The average molecular weight is 441 g/mol. The normalized spacial score (nSPS) is 15.1. The van der Waals surface area contributed by atoms with Gasteiger partial charge in [0.25, 0.3) is 5.91 Å². The Hall–Kier alpha value is -2.21. The number of nitrogens with zero attached hydrogens (tertiary/aromatic N) is 3. The van der Waals surface area contributed by atoms with Crippen LogP contribution in [0.15, 0.2) is 34.9 Å². The van der Waals surface area contributed by atoms with Crippen LogP contribution in [-0.2, 0) is 6.42 Å². The first kappa shape index (κ1) is 19.1. The Labute approximate surface area is 173 Å². The van der Waals surface area contributed by atoms with E-state index in [2.05, 4.69) is 38.5 Å². The van der Waals surface area contributed by atoms with Crippen LogP contribution in [-0.4, -0.2) is 26.5 Å². The van der Waals surface area contributed by atoms with Gasteiger partial charge in [-0.05, 0) is 49.9 Å². The van der Waals surface area contributed by atoms with Gasteiger partial charge in [0.2, 0.25) is 0 Å². The van der Waals surface area contributed by atoms with Gasteiger partial charge in [-0.2, -0.15) is 5.10 Å². The van der Waals surface area contributed by atoms with Crippen LogP contribution in [0.5, 0.6) is 0 Å². The minimum absolute atomic E-state index is 0.0621. The minimum atomic E-state index is -0.0621. The Morgan fingerprint density at radius 3 is 2.79 bits per heavy atom. The molecule has 0 saturated heterocycles. The predicted octanol–water partition coefficient (Wildman–Crippen LogP) is 4.76. The van der Waals surface area contributed by atoms with Crippen molar-refractivity contribution in [3.63, 3.8) is 0 Å². The molecule has 3 aromatic rings. The van der Waals surface area contributed by atoms with Crippen molar-refractivity contribution in [3.05, 3.63) is 63.0 Å². The number of aromatic nitrogens is 3. The zero-order valence-corrected chi connectivity index (χ0v) is 17.9. The van der Waals surface area contributed by atoms with Crippen molar-refractivity contribution in [1.82, 2.24) is 19.9 Å². The van der Waals surface area contributed by atoms with E-state index in [0.29, 0.717) is 11.2 Å². The second-order valence-electron chi connectivity index (χ2n) is 7.67. The fourth-order valence-electron chi connectivity index (χ4n) is 4.09. The molecule has 0 aliphatic heterocycles. The summed E-state index contributed by atoms with van der Waals surface area (Å²) < 4.78 is 2.87. The van der Waals surface area contributed by atoms with E-state index in [1.54, 1.807) is 10.7 Å². The highest BCUT2D eigenvalue weighted by Crippen LogP contribution is 2.23. The number of carbonyl (C=O) groups is 1. The Bertz CT molecular complexity index is 1020. The maximum Gasteiger partial charge on any atom is 0.256 e. The number of nitrogens with one attached hydrogen (secondary N) is 1. The van der Waals surface area contributed by atoms with E-state index in [4.69, 9.17) is 4.98 Å². The van der Waals surface area contributed by atoms with Crippen LogP contribution in [0.3, 0.4) is 0 Å². The fourth-order valence-corrected chi connectivity index (χ4v) is 4.53. The molecule has 1 saturated carbocycles. The van der Waals surface area contributed by atoms with Gasteiger partial charge in [-0.1, -0.05) is 47.3 Å². The van der Waals surface area contributed by atoms with E-state index in [0.717, 1.165) is 40.7 Å². The Morgan fingerprint density at radius 1 is 1.25 bits per heavy atom. The number of hydrogen-bond donors (Lipinski definition) is 1. The Balaban J connectivity index is 1.64. The number of fused-ring (bicyclic) bond motifs is 1. The predicted molar refractivity (Wildman–Crippen MR) is 114 cm³/mol. The van der Waals surface area contributed by atoms with Gasteiger partial charge in [-0.15, -0.1) is 0 Å².